The highest BCUT2D eigenvalue weighted by Crippen LogP contribution is 2.21. The molecule has 0 saturated carbocycles. The van der Waals surface area contributed by atoms with Crippen molar-refractivity contribution in [3.8, 4) is 0 Å². The lowest BCUT2D eigenvalue weighted by Crippen LogP contribution is -2.20. The van der Waals surface area contributed by atoms with Gasteiger partial charge in [0, 0.05) is 17.5 Å². The summed E-state index contributed by atoms with van der Waals surface area (Å²) in [4.78, 5) is 10.3. The van der Waals surface area contributed by atoms with Gasteiger partial charge in [0.25, 0.3) is 0 Å². The fourth-order valence-electron chi connectivity index (χ4n) is 1.66. The largest absolute Gasteiger partial charge is 0.481 e. The van der Waals surface area contributed by atoms with Crippen molar-refractivity contribution in [2.24, 2.45) is 0 Å². The second-order valence-electron chi connectivity index (χ2n) is 4.05. The highest BCUT2D eigenvalue weighted by atomic mass is 35.5. The number of unbranched alkanes of at least 4 members (excludes halogenated alkanes) is 1. The van der Waals surface area contributed by atoms with Crippen LogP contribution in [0.4, 0.5) is 0 Å². The molecule has 0 unspecified atom stereocenters. The van der Waals surface area contributed by atoms with Crippen LogP contribution in [0.5, 0.6) is 0 Å². The first-order valence-electron chi connectivity index (χ1n) is 5.81. The third-order valence-electron chi connectivity index (χ3n) is 2.64. The van der Waals surface area contributed by atoms with Crippen LogP contribution in [-0.2, 0) is 4.79 Å². The van der Waals surface area contributed by atoms with Crippen LogP contribution in [0.3, 0.4) is 0 Å². The van der Waals surface area contributed by atoms with E-state index in [1.54, 1.807) is 0 Å². The molecule has 0 spiro atoms. The lowest BCUT2D eigenvalue weighted by Gasteiger charge is -2.15. The summed E-state index contributed by atoms with van der Waals surface area (Å²) in [6.45, 7) is 2.86. The van der Waals surface area contributed by atoms with Gasteiger partial charge in [0.2, 0.25) is 0 Å². The van der Waals surface area contributed by atoms with Crippen LogP contribution in [0.15, 0.2) is 24.3 Å². The Morgan fingerprint density at radius 2 is 2.12 bits per heavy atom. The molecule has 0 aliphatic carbocycles. The van der Waals surface area contributed by atoms with Crippen molar-refractivity contribution >= 4 is 17.6 Å². The van der Waals surface area contributed by atoms with E-state index in [-0.39, 0.29) is 12.5 Å². The maximum Gasteiger partial charge on any atom is 0.303 e. The lowest BCUT2D eigenvalue weighted by molar-refractivity contribution is -0.137. The average Bonchev–Trinajstić information content (AvgIpc) is 2.28. The molecule has 0 aliphatic rings. The summed E-state index contributed by atoms with van der Waals surface area (Å²) in [6, 6.07) is 7.93. The van der Waals surface area contributed by atoms with Crippen molar-refractivity contribution in [2.75, 3.05) is 6.54 Å². The van der Waals surface area contributed by atoms with Crippen LogP contribution in [0.1, 0.15) is 37.8 Å². The Balaban J connectivity index is 2.28. The first-order chi connectivity index (χ1) is 8.11. The molecule has 1 atom stereocenters. The number of benzene rings is 1. The quantitative estimate of drug-likeness (QED) is 0.736. The average molecular weight is 256 g/mol. The van der Waals surface area contributed by atoms with Crippen LogP contribution in [0.25, 0.3) is 0 Å². The first-order valence-corrected chi connectivity index (χ1v) is 6.18. The van der Waals surface area contributed by atoms with Gasteiger partial charge in [-0.25, -0.2) is 0 Å². The molecule has 1 rings (SSSR count). The number of aliphatic carboxylic acids is 1. The summed E-state index contributed by atoms with van der Waals surface area (Å²) in [5.41, 5.74) is 1.08. The van der Waals surface area contributed by atoms with Gasteiger partial charge in [-0.3, -0.25) is 4.79 Å². The van der Waals surface area contributed by atoms with E-state index in [1.807, 2.05) is 24.3 Å². The molecule has 0 radical (unpaired) electrons. The monoisotopic (exact) mass is 255 g/mol. The van der Waals surface area contributed by atoms with Gasteiger partial charge in [0.1, 0.15) is 0 Å². The van der Waals surface area contributed by atoms with E-state index in [0.717, 1.165) is 23.6 Å². The summed E-state index contributed by atoms with van der Waals surface area (Å²) < 4.78 is 0. The number of nitrogens with one attached hydrogen (secondary N) is 1. The highest BCUT2D eigenvalue weighted by Gasteiger charge is 2.07. The Labute approximate surface area is 107 Å². The molecule has 0 aromatic heterocycles. The van der Waals surface area contributed by atoms with Gasteiger partial charge < -0.3 is 10.4 Å². The number of hydrogen-bond donors (Lipinski definition) is 2. The van der Waals surface area contributed by atoms with E-state index >= 15 is 0 Å². The molecule has 17 heavy (non-hydrogen) atoms. The smallest absolute Gasteiger partial charge is 0.303 e. The SMILES string of the molecule is C[C@@H](NCCCCC(=O)O)c1ccccc1Cl. The maximum absolute atomic E-state index is 10.3. The molecule has 3 nitrogen and oxygen atoms in total. The molecule has 0 heterocycles. The fourth-order valence-corrected chi connectivity index (χ4v) is 1.96. The van der Waals surface area contributed by atoms with E-state index in [0.29, 0.717) is 6.42 Å². The predicted molar refractivity (Wildman–Crippen MR) is 69.4 cm³/mol. The Bertz CT molecular complexity index is 368. The molecular weight excluding hydrogens is 238 g/mol. The van der Waals surface area contributed by atoms with E-state index in [1.165, 1.54) is 0 Å². The van der Waals surface area contributed by atoms with E-state index in [4.69, 9.17) is 16.7 Å². The third kappa shape index (κ3) is 5.20. The first kappa shape index (κ1) is 14.0. The van der Waals surface area contributed by atoms with Gasteiger partial charge in [-0.2, -0.15) is 0 Å². The van der Waals surface area contributed by atoms with Gasteiger partial charge in [0.15, 0.2) is 0 Å². The zero-order valence-electron chi connectivity index (χ0n) is 9.95. The zero-order valence-corrected chi connectivity index (χ0v) is 10.7. The van der Waals surface area contributed by atoms with Crippen LogP contribution in [0.2, 0.25) is 5.02 Å². The standard InChI is InChI=1S/C13H18ClNO2/c1-10(11-6-2-3-7-12(11)14)15-9-5-4-8-13(16)17/h2-3,6-7,10,15H,4-5,8-9H2,1H3,(H,16,17)/t10-/m1/s1. The molecule has 0 amide bonds. The van der Waals surface area contributed by atoms with Crippen LogP contribution in [-0.4, -0.2) is 17.6 Å². The minimum Gasteiger partial charge on any atom is -0.481 e. The van der Waals surface area contributed by atoms with Crippen molar-refractivity contribution in [1.29, 1.82) is 0 Å². The van der Waals surface area contributed by atoms with Gasteiger partial charge >= 0.3 is 5.97 Å². The topological polar surface area (TPSA) is 49.3 Å². The Morgan fingerprint density at radius 1 is 1.41 bits per heavy atom. The number of carbonyl (C=O) groups is 1. The van der Waals surface area contributed by atoms with Crippen molar-refractivity contribution in [3.63, 3.8) is 0 Å². The molecule has 4 heteroatoms. The van der Waals surface area contributed by atoms with E-state index < -0.39 is 5.97 Å². The van der Waals surface area contributed by atoms with Gasteiger partial charge in [-0.15, -0.1) is 0 Å². The van der Waals surface area contributed by atoms with Gasteiger partial charge in [0.05, 0.1) is 0 Å². The zero-order chi connectivity index (χ0) is 12.7. The van der Waals surface area contributed by atoms with E-state index in [2.05, 4.69) is 12.2 Å². The fraction of sp³-hybridized carbons (Fsp3) is 0.462. The summed E-state index contributed by atoms with van der Waals surface area (Å²) in [5.74, 6) is -0.732. The molecule has 0 aliphatic heterocycles. The van der Waals surface area contributed by atoms with Crippen molar-refractivity contribution < 1.29 is 9.90 Å². The minimum atomic E-state index is -0.732. The molecule has 1 aromatic carbocycles. The molecule has 0 fully saturated rings. The predicted octanol–water partition coefficient (Wildman–Crippen LogP) is 3.25. The molecule has 2 N–H and O–H groups in total. The Morgan fingerprint density at radius 3 is 2.76 bits per heavy atom. The van der Waals surface area contributed by atoms with Crippen LogP contribution in [0, 0.1) is 0 Å². The summed E-state index contributed by atoms with van der Waals surface area (Å²) >= 11 is 6.08. The van der Waals surface area contributed by atoms with Gasteiger partial charge in [-0.1, -0.05) is 29.8 Å². The number of carboxylic acids is 1. The van der Waals surface area contributed by atoms with Crippen LogP contribution < -0.4 is 5.32 Å². The second-order valence-corrected chi connectivity index (χ2v) is 4.46. The minimum absolute atomic E-state index is 0.188. The van der Waals surface area contributed by atoms with Crippen molar-refractivity contribution in [1.82, 2.24) is 5.32 Å². The van der Waals surface area contributed by atoms with Crippen LogP contribution >= 0.6 is 11.6 Å². The molecule has 0 saturated heterocycles. The number of carboxylic acid groups (broad SMARTS) is 1. The molecule has 0 bridgehead atoms. The normalized spacial score (nSPS) is 12.4. The summed E-state index contributed by atoms with van der Waals surface area (Å²) in [6.07, 6.45) is 1.81. The van der Waals surface area contributed by atoms with Crippen molar-refractivity contribution in [2.45, 2.75) is 32.2 Å². The molecular formula is C13H18ClNO2. The lowest BCUT2D eigenvalue weighted by atomic mass is 10.1. The highest BCUT2D eigenvalue weighted by molar-refractivity contribution is 6.31. The summed E-state index contributed by atoms with van der Waals surface area (Å²) in [5, 5.41) is 12.6. The maximum atomic E-state index is 10.3. The molecule has 1 aromatic rings. The Kier molecular flexibility index (Phi) is 6.01. The number of halogens is 1. The van der Waals surface area contributed by atoms with Gasteiger partial charge in [-0.05, 0) is 37.9 Å². The van der Waals surface area contributed by atoms with Crippen molar-refractivity contribution in [3.05, 3.63) is 34.9 Å². The number of rotatable bonds is 7. The van der Waals surface area contributed by atoms with E-state index in [9.17, 15) is 4.79 Å². The third-order valence-corrected chi connectivity index (χ3v) is 2.98. The summed E-state index contributed by atoms with van der Waals surface area (Å²) in [7, 11) is 0. The molecule has 94 valence electrons. The Hall–Kier alpha value is -1.06. The number of hydrogen-bond acceptors (Lipinski definition) is 2. The second kappa shape index (κ2) is 7.30.